The average Bonchev–Trinajstić information content (AvgIpc) is 3.25. The van der Waals surface area contributed by atoms with Crippen molar-refractivity contribution >= 4 is 27.4 Å². The molecule has 114 valence electrons. The van der Waals surface area contributed by atoms with Crippen molar-refractivity contribution in [1.82, 2.24) is 9.97 Å². The van der Waals surface area contributed by atoms with Gasteiger partial charge >= 0.3 is 0 Å². The lowest BCUT2D eigenvalue weighted by atomic mass is 10.1. The van der Waals surface area contributed by atoms with E-state index >= 15 is 0 Å². The highest BCUT2D eigenvalue weighted by molar-refractivity contribution is 7.14. The molecule has 0 aliphatic carbocycles. The number of H-pyrrole nitrogens is 1. The molecule has 1 fully saturated rings. The molecule has 0 bridgehead atoms. The van der Waals surface area contributed by atoms with E-state index in [9.17, 15) is 4.39 Å². The van der Waals surface area contributed by atoms with Crippen molar-refractivity contribution in [3.63, 3.8) is 0 Å². The molecule has 0 amide bonds. The van der Waals surface area contributed by atoms with Crippen molar-refractivity contribution in [1.29, 1.82) is 0 Å². The second kappa shape index (κ2) is 5.70. The zero-order chi connectivity index (χ0) is 14.9. The Balaban J connectivity index is 1.55. The van der Waals surface area contributed by atoms with Gasteiger partial charge in [0.1, 0.15) is 5.82 Å². The van der Waals surface area contributed by atoms with E-state index in [0.717, 1.165) is 53.3 Å². The van der Waals surface area contributed by atoms with Crippen LogP contribution in [0.4, 0.5) is 9.52 Å². The minimum Gasteiger partial charge on any atom is -0.376 e. The van der Waals surface area contributed by atoms with Gasteiger partial charge in [-0.3, -0.25) is 0 Å². The minimum absolute atomic E-state index is 0.236. The summed E-state index contributed by atoms with van der Waals surface area (Å²) in [5.41, 5.74) is 2.70. The number of halogens is 1. The highest BCUT2D eigenvalue weighted by Crippen LogP contribution is 2.31. The number of rotatable bonds is 4. The number of benzene rings is 1. The third kappa shape index (κ3) is 2.60. The van der Waals surface area contributed by atoms with E-state index in [1.807, 2.05) is 11.6 Å². The number of nitrogens with zero attached hydrogens (tertiary/aromatic N) is 1. The average molecular weight is 317 g/mol. The molecule has 4 rings (SSSR count). The topological polar surface area (TPSA) is 49.9 Å². The fourth-order valence-electron chi connectivity index (χ4n) is 2.79. The molecule has 4 nitrogen and oxygen atoms in total. The molecule has 22 heavy (non-hydrogen) atoms. The van der Waals surface area contributed by atoms with Gasteiger partial charge in [-0.1, -0.05) is 0 Å². The predicted octanol–water partition coefficient (Wildman–Crippen LogP) is 4.02. The second-order valence-corrected chi connectivity index (χ2v) is 6.30. The fraction of sp³-hybridized carbons (Fsp3) is 0.312. The summed E-state index contributed by atoms with van der Waals surface area (Å²) in [6, 6.07) is 4.75. The van der Waals surface area contributed by atoms with Crippen LogP contribution in [0.5, 0.6) is 0 Å². The van der Waals surface area contributed by atoms with Crippen LogP contribution in [0.15, 0.2) is 29.8 Å². The molecular weight excluding hydrogens is 301 g/mol. The van der Waals surface area contributed by atoms with Crippen LogP contribution in [-0.4, -0.2) is 29.2 Å². The number of anilines is 1. The Morgan fingerprint density at radius 2 is 2.41 bits per heavy atom. The molecule has 1 aliphatic rings. The molecule has 2 N–H and O–H groups in total. The molecule has 0 saturated carbocycles. The zero-order valence-electron chi connectivity index (χ0n) is 11.9. The molecule has 1 aromatic carbocycles. The molecule has 3 heterocycles. The Kier molecular flexibility index (Phi) is 3.56. The number of thiazole rings is 1. The van der Waals surface area contributed by atoms with Gasteiger partial charge in [0.2, 0.25) is 0 Å². The Morgan fingerprint density at radius 3 is 3.27 bits per heavy atom. The lowest BCUT2D eigenvalue weighted by Gasteiger charge is -2.09. The predicted molar refractivity (Wildman–Crippen MR) is 86.8 cm³/mol. The number of ether oxygens (including phenoxy) is 1. The molecule has 6 heteroatoms. The summed E-state index contributed by atoms with van der Waals surface area (Å²) in [6.45, 7) is 1.64. The maximum atomic E-state index is 13.5. The molecular formula is C16H16FN3OS. The first-order valence-corrected chi connectivity index (χ1v) is 8.25. The van der Waals surface area contributed by atoms with Crippen LogP contribution in [0.2, 0.25) is 0 Å². The lowest BCUT2D eigenvalue weighted by Crippen LogP contribution is -2.18. The summed E-state index contributed by atoms with van der Waals surface area (Å²) in [6.07, 6.45) is 4.40. The smallest absolute Gasteiger partial charge is 0.183 e. The van der Waals surface area contributed by atoms with E-state index in [0.29, 0.717) is 0 Å². The van der Waals surface area contributed by atoms with Crippen LogP contribution in [0.3, 0.4) is 0 Å². The van der Waals surface area contributed by atoms with Gasteiger partial charge in [0, 0.05) is 41.2 Å². The summed E-state index contributed by atoms with van der Waals surface area (Å²) in [4.78, 5) is 7.76. The van der Waals surface area contributed by atoms with Crippen LogP contribution in [0.25, 0.3) is 22.2 Å². The summed E-state index contributed by atoms with van der Waals surface area (Å²) < 4.78 is 19.0. The highest BCUT2D eigenvalue weighted by Gasteiger charge is 2.16. The molecule has 2 aromatic heterocycles. The third-order valence-electron chi connectivity index (χ3n) is 3.93. The van der Waals surface area contributed by atoms with Gasteiger partial charge in [0.25, 0.3) is 0 Å². The number of nitrogens with one attached hydrogen (secondary N) is 2. The van der Waals surface area contributed by atoms with Gasteiger partial charge in [-0.25, -0.2) is 9.37 Å². The number of hydrogen-bond donors (Lipinski definition) is 2. The first-order chi connectivity index (χ1) is 10.8. The standard InChI is InChI=1S/C16H16FN3OS/c17-10-3-4-14-12(6-10)13(8-18-14)15-9-22-16(20-15)19-7-11-2-1-5-21-11/h3-4,6,8-9,11,18H,1-2,5,7H2,(H,19,20). The first kappa shape index (κ1) is 13.7. The van der Waals surface area contributed by atoms with Crippen LogP contribution < -0.4 is 5.32 Å². The van der Waals surface area contributed by atoms with E-state index in [-0.39, 0.29) is 11.9 Å². The third-order valence-corrected chi connectivity index (χ3v) is 4.73. The molecule has 1 aliphatic heterocycles. The Hall–Kier alpha value is -1.92. The van der Waals surface area contributed by atoms with E-state index in [1.165, 1.54) is 6.07 Å². The number of fused-ring (bicyclic) bond motifs is 1. The second-order valence-electron chi connectivity index (χ2n) is 5.45. The monoisotopic (exact) mass is 317 g/mol. The molecule has 0 spiro atoms. The van der Waals surface area contributed by atoms with Crippen molar-refractivity contribution in [3.05, 3.63) is 35.6 Å². The Labute approximate surface area is 131 Å². The fourth-order valence-corrected chi connectivity index (χ4v) is 3.51. The maximum Gasteiger partial charge on any atom is 0.183 e. The quantitative estimate of drug-likeness (QED) is 0.764. The van der Waals surface area contributed by atoms with E-state index in [2.05, 4.69) is 15.3 Å². The Morgan fingerprint density at radius 1 is 1.45 bits per heavy atom. The van der Waals surface area contributed by atoms with Gasteiger partial charge < -0.3 is 15.0 Å². The van der Waals surface area contributed by atoms with Crippen LogP contribution in [0, 0.1) is 5.82 Å². The SMILES string of the molecule is Fc1ccc2[nH]cc(-c3csc(NCC4CCCO4)n3)c2c1. The highest BCUT2D eigenvalue weighted by atomic mass is 32.1. The minimum atomic E-state index is -0.236. The zero-order valence-corrected chi connectivity index (χ0v) is 12.8. The van der Waals surface area contributed by atoms with Crippen LogP contribution in [0.1, 0.15) is 12.8 Å². The van der Waals surface area contributed by atoms with Crippen molar-refractivity contribution in [2.45, 2.75) is 18.9 Å². The van der Waals surface area contributed by atoms with Gasteiger partial charge in [0.15, 0.2) is 5.13 Å². The van der Waals surface area contributed by atoms with Gasteiger partial charge in [-0.15, -0.1) is 11.3 Å². The van der Waals surface area contributed by atoms with Crippen molar-refractivity contribution in [2.75, 3.05) is 18.5 Å². The molecule has 1 atom stereocenters. The lowest BCUT2D eigenvalue weighted by molar-refractivity contribution is 0.120. The normalized spacial score (nSPS) is 18.1. The molecule has 3 aromatic rings. The summed E-state index contributed by atoms with van der Waals surface area (Å²) in [5.74, 6) is -0.236. The summed E-state index contributed by atoms with van der Waals surface area (Å²) in [5, 5.41) is 7.05. The first-order valence-electron chi connectivity index (χ1n) is 7.37. The van der Waals surface area contributed by atoms with Gasteiger partial charge in [0.05, 0.1) is 11.8 Å². The van der Waals surface area contributed by atoms with Crippen LogP contribution >= 0.6 is 11.3 Å². The van der Waals surface area contributed by atoms with Crippen molar-refractivity contribution < 1.29 is 9.13 Å². The molecule has 1 unspecified atom stereocenters. The molecule has 0 radical (unpaired) electrons. The van der Waals surface area contributed by atoms with E-state index < -0.39 is 0 Å². The Bertz CT molecular complexity index is 792. The maximum absolute atomic E-state index is 13.5. The van der Waals surface area contributed by atoms with Gasteiger partial charge in [-0.2, -0.15) is 0 Å². The largest absolute Gasteiger partial charge is 0.376 e. The molecule has 1 saturated heterocycles. The van der Waals surface area contributed by atoms with Crippen LogP contribution in [-0.2, 0) is 4.74 Å². The number of aromatic amines is 1. The number of aromatic nitrogens is 2. The number of hydrogen-bond acceptors (Lipinski definition) is 4. The van der Waals surface area contributed by atoms with E-state index in [1.54, 1.807) is 23.5 Å². The summed E-state index contributed by atoms with van der Waals surface area (Å²) >= 11 is 1.56. The van der Waals surface area contributed by atoms with Crippen molar-refractivity contribution in [2.24, 2.45) is 0 Å². The van der Waals surface area contributed by atoms with Gasteiger partial charge in [-0.05, 0) is 31.0 Å². The van der Waals surface area contributed by atoms with E-state index in [4.69, 9.17) is 4.74 Å². The van der Waals surface area contributed by atoms with Crippen molar-refractivity contribution in [3.8, 4) is 11.3 Å². The summed E-state index contributed by atoms with van der Waals surface area (Å²) in [7, 11) is 0.